The predicted octanol–water partition coefficient (Wildman–Crippen LogP) is 6.15. The zero-order valence-corrected chi connectivity index (χ0v) is 25.7. The quantitative estimate of drug-likeness (QED) is 0.392. The van der Waals surface area contributed by atoms with E-state index < -0.39 is 11.2 Å². The summed E-state index contributed by atoms with van der Waals surface area (Å²) in [5.74, 6) is 1.39. The molecule has 0 unspecified atom stereocenters. The molecule has 1 spiro atoms. The van der Waals surface area contributed by atoms with Crippen molar-refractivity contribution in [2.45, 2.75) is 91.0 Å². The second-order valence-electron chi connectivity index (χ2n) is 13.6. The van der Waals surface area contributed by atoms with Crippen molar-refractivity contribution in [3.05, 3.63) is 35.4 Å². The highest BCUT2D eigenvalue weighted by Gasteiger charge is 2.55. The van der Waals surface area contributed by atoms with Crippen LogP contribution in [-0.2, 0) is 14.3 Å². The topological polar surface area (TPSA) is 77.5 Å². The van der Waals surface area contributed by atoms with Crippen molar-refractivity contribution in [2.24, 2.45) is 11.3 Å². The van der Waals surface area contributed by atoms with Crippen LogP contribution in [0.4, 0.5) is 4.79 Å². The summed E-state index contributed by atoms with van der Waals surface area (Å²) in [5, 5.41) is 0. The normalized spacial score (nSPS) is 27.6. The van der Waals surface area contributed by atoms with E-state index in [0.29, 0.717) is 25.4 Å². The summed E-state index contributed by atoms with van der Waals surface area (Å²) in [4.78, 5) is 28.4. The van der Waals surface area contributed by atoms with E-state index in [4.69, 9.17) is 18.9 Å². The van der Waals surface area contributed by atoms with Gasteiger partial charge in [0.2, 0.25) is 0 Å². The van der Waals surface area contributed by atoms with Gasteiger partial charge in [-0.2, -0.15) is 0 Å². The Morgan fingerprint density at radius 2 is 1.98 bits per heavy atom. The van der Waals surface area contributed by atoms with Crippen molar-refractivity contribution in [1.82, 2.24) is 9.80 Å². The molecule has 0 aliphatic carbocycles. The number of piperidine rings is 1. The number of benzene rings is 1. The summed E-state index contributed by atoms with van der Waals surface area (Å²) in [6.07, 6.45) is 6.51. The number of hydrogen-bond acceptors (Lipinski definition) is 6. The molecule has 0 N–H and O–H groups in total. The third kappa shape index (κ3) is 6.93. The molecule has 4 rings (SSSR count). The first-order valence-corrected chi connectivity index (χ1v) is 14.6. The molecule has 1 aromatic carbocycles. The van der Waals surface area contributed by atoms with E-state index in [1.54, 1.807) is 14.1 Å². The summed E-state index contributed by atoms with van der Waals surface area (Å²) < 4.78 is 25.1. The van der Waals surface area contributed by atoms with Gasteiger partial charge in [0.15, 0.2) is 6.61 Å². The van der Waals surface area contributed by atoms with Crippen LogP contribution in [0.3, 0.4) is 0 Å². The Morgan fingerprint density at radius 1 is 1.23 bits per heavy atom. The maximum absolute atomic E-state index is 13.0. The van der Waals surface area contributed by atoms with Gasteiger partial charge in [0, 0.05) is 50.1 Å². The minimum Gasteiger partial charge on any atom is -0.487 e. The van der Waals surface area contributed by atoms with Crippen LogP contribution in [-0.4, -0.2) is 73.4 Å². The van der Waals surface area contributed by atoms with Gasteiger partial charge in [0.05, 0.1) is 12.7 Å². The summed E-state index contributed by atoms with van der Waals surface area (Å²) >= 11 is 0. The third-order valence-electron chi connectivity index (χ3n) is 8.37. The van der Waals surface area contributed by atoms with E-state index >= 15 is 0 Å². The number of carbonyl (C=O) groups excluding carboxylic acids is 2. The van der Waals surface area contributed by atoms with Crippen LogP contribution in [0.15, 0.2) is 29.8 Å². The van der Waals surface area contributed by atoms with Crippen LogP contribution in [0.2, 0.25) is 0 Å². The van der Waals surface area contributed by atoms with Crippen LogP contribution >= 0.6 is 0 Å². The molecule has 2 saturated heterocycles. The second-order valence-corrected chi connectivity index (χ2v) is 13.6. The molecule has 0 bridgehead atoms. The lowest BCUT2D eigenvalue weighted by Crippen LogP contribution is -2.57. The molecule has 3 heterocycles. The molecule has 8 nitrogen and oxygen atoms in total. The number of likely N-dealkylation sites (tertiary alicyclic amines) is 1. The SMILES string of the molecule is CC(C)=CCC[C@]1(C)Oc2cc(OCC(=O)N(C)C)ccc2[C@H]2OC[C@@]3(CCCN(C(=O)OC(C)(C)C)C3)C[C@@H]21. The van der Waals surface area contributed by atoms with Crippen molar-refractivity contribution >= 4 is 12.0 Å². The molecular formula is C32H48N2O6. The number of rotatable bonds is 6. The van der Waals surface area contributed by atoms with Crippen molar-refractivity contribution in [1.29, 1.82) is 0 Å². The van der Waals surface area contributed by atoms with Crippen LogP contribution in [0, 0.1) is 11.3 Å². The van der Waals surface area contributed by atoms with E-state index in [1.165, 1.54) is 10.5 Å². The number of hydrogen-bond donors (Lipinski definition) is 0. The second kappa shape index (κ2) is 11.6. The highest BCUT2D eigenvalue weighted by atomic mass is 16.6. The van der Waals surface area contributed by atoms with Gasteiger partial charge in [-0.25, -0.2) is 4.79 Å². The first-order chi connectivity index (χ1) is 18.7. The van der Waals surface area contributed by atoms with Gasteiger partial charge < -0.3 is 28.7 Å². The Balaban J connectivity index is 1.59. The smallest absolute Gasteiger partial charge is 0.410 e. The van der Waals surface area contributed by atoms with Crippen molar-refractivity contribution in [3.63, 3.8) is 0 Å². The summed E-state index contributed by atoms with van der Waals surface area (Å²) in [6, 6.07) is 5.81. The molecule has 0 radical (unpaired) electrons. The van der Waals surface area contributed by atoms with E-state index in [-0.39, 0.29) is 36.0 Å². The highest BCUT2D eigenvalue weighted by Crippen LogP contribution is 2.56. The molecule has 0 saturated carbocycles. The lowest BCUT2D eigenvalue weighted by Gasteiger charge is -2.55. The molecular weight excluding hydrogens is 508 g/mol. The van der Waals surface area contributed by atoms with Crippen LogP contribution in [0.1, 0.15) is 85.3 Å². The number of allylic oxidation sites excluding steroid dienone is 2. The molecule has 2 fully saturated rings. The van der Waals surface area contributed by atoms with Crippen LogP contribution in [0.5, 0.6) is 11.5 Å². The van der Waals surface area contributed by atoms with Gasteiger partial charge in [0.25, 0.3) is 5.91 Å². The summed E-state index contributed by atoms with van der Waals surface area (Å²) in [6.45, 7) is 14.1. The van der Waals surface area contributed by atoms with Crippen molar-refractivity contribution < 1.29 is 28.5 Å². The maximum Gasteiger partial charge on any atom is 0.410 e. The Kier molecular flexibility index (Phi) is 8.79. The number of nitrogens with zero attached hydrogens (tertiary/aromatic N) is 2. The first kappa shape index (κ1) is 30.2. The number of likely N-dealkylation sites (N-methyl/N-ethyl adjacent to an activating group) is 1. The predicted molar refractivity (Wildman–Crippen MR) is 155 cm³/mol. The average Bonchev–Trinajstić information content (AvgIpc) is 2.86. The molecule has 8 heteroatoms. The number of ether oxygens (including phenoxy) is 4. The van der Waals surface area contributed by atoms with E-state index in [9.17, 15) is 9.59 Å². The molecule has 222 valence electrons. The average molecular weight is 557 g/mol. The molecule has 2 amide bonds. The van der Waals surface area contributed by atoms with E-state index in [0.717, 1.165) is 43.4 Å². The van der Waals surface area contributed by atoms with E-state index in [2.05, 4.69) is 26.8 Å². The fourth-order valence-electron chi connectivity index (χ4n) is 6.25. The fraction of sp³-hybridized carbons (Fsp3) is 0.688. The largest absolute Gasteiger partial charge is 0.487 e. The lowest BCUT2D eigenvalue weighted by molar-refractivity contribution is -0.180. The zero-order chi connectivity index (χ0) is 29.3. The van der Waals surface area contributed by atoms with Gasteiger partial charge >= 0.3 is 6.09 Å². The Morgan fingerprint density at radius 3 is 2.65 bits per heavy atom. The summed E-state index contributed by atoms with van der Waals surface area (Å²) in [5.41, 5.74) is 1.18. The highest BCUT2D eigenvalue weighted by molar-refractivity contribution is 5.77. The third-order valence-corrected chi connectivity index (χ3v) is 8.37. The molecule has 3 aliphatic rings. The first-order valence-electron chi connectivity index (χ1n) is 14.6. The van der Waals surface area contributed by atoms with Crippen molar-refractivity contribution in [2.75, 3.05) is 40.4 Å². The molecule has 3 aliphatic heterocycles. The van der Waals surface area contributed by atoms with Crippen molar-refractivity contribution in [3.8, 4) is 11.5 Å². The Labute approximate surface area is 240 Å². The Bertz CT molecular complexity index is 1120. The molecule has 40 heavy (non-hydrogen) atoms. The van der Waals surface area contributed by atoms with Gasteiger partial charge in [-0.1, -0.05) is 11.6 Å². The van der Waals surface area contributed by atoms with E-state index in [1.807, 2.05) is 43.9 Å². The number of carbonyl (C=O) groups is 2. The van der Waals surface area contributed by atoms with Gasteiger partial charge in [-0.3, -0.25) is 4.79 Å². The van der Waals surface area contributed by atoms with Gasteiger partial charge in [-0.15, -0.1) is 0 Å². The minimum atomic E-state index is -0.525. The standard InChI is InChI=1S/C32H48N2O6/c1-22(2)11-9-14-31(6)25-18-32(15-10-16-34(20-32)29(36)40-30(3,4)5)21-38-28(25)24-13-12-23(17-26(24)39-31)37-19-27(35)33(7)8/h11-13,17,25,28H,9-10,14-16,18-21H2,1-8H3/t25-,28+,31-,32-/m0/s1. The molecule has 0 aromatic heterocycles. The van der Waals surface area contributed by atoms with Crippen LogP contribution < -0.4 is 9.47 Å². The van der Waals surface area contributed by atoms with Gasteiger partial charge in [0.1, 0.15) is 22.7 Å². The minimum absolute atomic E-state index is 0.0250. The van der Waals surface area contributed by atoms with Gasteiger partial charge in [-0.05, 0) is 85.8 Å². The summed E-state index contributed by atoms with van der Waals surface area (Å²) in [7, 11) is 3.43. The fourth-order valence-corrected chi connectivity index (χ4v) is 6.25. The number of amides is 2. The zero-order valence-electron chi connectivity index (χ0n) is 25.7. The maximum atomic E-state index is 13.0. The van der Waals surface area contributed by atoms with Crippen LogP contribution in [0.25, 0.3) is 0 Å². The lowest BCUT2D eigenvalue weighted by atomic mass is 9.64. The Hall–Kier alpha value is -2.74. The molecule has 1 aromatic rings. The monoisotopic (exact) mass is 556 g/mol. The molecule has 4 atom stereocenters. The number of fused-ring (bicyclic) bond motifs is 3.